The smallest absolute Gasteiger partial charge is 0.464 e. The van der Waals surface area contributed by atoms with Crippen LogP contribution in [0.1, 0.15) is 25.0 Å². The Bertz CT molecular complexity index is 1370. The van der Waals surface area contributed by atoms with Crippen LogP contribution in [0, 0.1) is 6.92 Å². The maximum absolute atomic E-state index is 13.7. The highest BCUT2D eigenvalue weighted by atomic mass is 32.2. The Kier molecular flexibility index (Phi) is 7.04. The summed E-state index contributed by atoms with van der Waals surface area (Å²) in [6, 6.07) is 10.4. The molecule has 12 heteroatoms. The fourth-order valence-electron chi connectivity index (χ4n) is 4.15. The van der Waals surface area contributed by atoms with Gasteiger partial charge in [0.25, 0.3) is 10.0 Å². The second-order valence-corrected chi connectivity index (χ2v) is 10.7. The van der Waals surface area contributed by atoms with E-state index in [4.69, 9.17) is 4.42 Å². The van der Waals surface area contributed by atoms with Gasteiger partial charge in [0.2, 0.25) is 0 Å². The first kappa shape index (κ1) is 26.0. The molecular weight excluding hydrogens is 499 g/mol. The Morgan fingerprint density at radius 2 is 1.94 bits per heavy atom. The van der Waals surface area contributed by atoms with Crippen molar-refractivity contribution in [3.63, 3.8) is 0 Å². The number of halogens is 3. The van der Waals surface area contributed by atoms with E-state index in [1.807, 2.05) is 13.8 Å². The molecule has 0 bridgehead atoms. The number of nitrogens with one attached hydrogen (secondary N) is 1. The van der Waals surface area contributed by atoms with Gasteiger partial charge in [0.15, 0.2) is 0 Å². The van der Waals surface area contributed by atoms with Gasteiger partial charge in [-0.15, -0.1) is 0 Å². The maximum atomic E-state index is 13.7. The first-order chi connectivity index (χ1) is 16.9. The van der Waals surface area contributed by atoms with Gasteiger partial charge in [-0.05, 0) is 50.6 Å². The van der Waals surface area contributed by atoms with E-state index in [0.717, 1.165) is 6.54 Å². The minimum Gasteiger partial charge on any atom is -0.464 e. The average Bonchev–Trinajstić information content (AvgIpc) is 3.29. The van der Waals surface area contributed by atoms with Gasteiger partial charge in [0.05, 0.1) is 16.8 Å². The number of carbonyl (C=O) groups is 1. The topological polar surface area (TPSA) is 92.1 Å². The van der Waals surface area contributed by atoms with Crippen molar-refractivity contribution < 1.29 is 35.6 Å². The summed E-state index contributed by atoms with van der Waals surface area (Å²) >= 11 is 0. The van der Waals surface area contributed by atoms with Gasteiger partial charge < -0.3 is 14.6 Å². The molecule has 2 atom stereocenters. The number of alkyl halides is 3. The maximum Gasteiger partial charge on any atom is 0.493 e. The normalized spacial score (nSPS) is 19.4. The molecule has 1 saturated heterocycles. The second kappa shape index (κ2) is 9.75. The first-order valence-corrected chi connectivity index (χ1v) is 12.7. The molecule has 1 aromatic heterocycles. The van der Waals surface area contributed by atoms with Crippen molar-refractivity contribution in [2.45, 2.75) is 50.5 Å². The molecule has 2 aromatic carbocycles. The van der Waals surface area contributed by atoms with E-state index in [-0.39, 0.29) is 27.1 Å². The highest BCUT2D eigenvalue weighted by molar-refractivity contribution is 7.92. The van der Waals surface area contributed by atoms with Crippen molar-refractivity contribution in [1.82, 2.24) is 10.2 Å². The molecule has 36 heavy (non-hydrogen) atoms. The summed E-state index contributed by atoms with van der Waals surface area (Å²) in [5.41, 5.74) is 1.10. The van der Waals surface area contributed by atoms with Crippen LogP contribution in [0.15, 0.2) is 58.0 Å². The van der Waals surface area contributed by atoms with Crippen LogP contribution >= 0.6 is 0 Å². The Morgan fingerprint density at radius 1 is 1.22 bits per heavy atom. The molecule has 1 aliphatic rings. The zero-order valence-electron chi connectivity index (χ0n) is 19.9. The number of anilines is 1. The number of para-hydroxylation sites is 1. The summed E-state index contributed by atoms with van der Waals surface area (Å²) < 4.78 is 72.2. The number of piperazine rings is 1. The van der Waals surface area contributed by atoms with Crippen molar-refractivity contribution in [1.29, 1.82) is 0 Å². The van der Waals surface area contributed by atoms with Crippen molar-refractivity contribution in [2.24, 2.45) is 0 Å². The molecule has 1 aliphatic heterocycles. The highest BCUT2D eigenvalue weighted by Gasteiger charge is 2.45. The van der Waals surface area contributed by atoms with Gasteiger partial charge in [0, 0.05) is 42.7 Å². The molecule has 8 nitrogen and oxygen atoms in total. The molecule has 1 fully saturated rings. The van der Waals surface area contributed by atoms with Gasteiger partial charge in [-0.25, -0.2) is 4.79 Å². The van der Waals surface area contributed by atoms with E-state index in [1.54, 1.807) is 12.1 Å². The zero-order chi connectivity index (χ0) is 26.3. The number of carbonyl (C=O) groups excluding carboxylic acids is 1. The Morgan fingerprint density at radius 3 is 2.64 bits per heavy atom. The number of aryl methyl sites for hydroxylation is 1. The molecule has 4 rings (SSSR count). The minimum absolute atomic E-state index is 0.0404. The van der Waals surface area contributed by atoms with Gasteiger partial charge in [0.1, 0.15) is 5.58 Å². The van der Waals surface area contributed by atoms with Gasteiger partial charge in [-0.3, -0.25) is 4.90 Å². The van der Waals surface area contributed by atoms with E-state index in [1.165, 1.54) is 43.5 Å². The lowest BCUT2D eigenvalue weighted by molar-refractivity contribution is -0.199. The van der Waals surface area contributed by atoms with Crippen LogP contribution in [0.25, 0.3) is 11.0 Å². The molecule has 3 aromatic rings. The predicted molar refractivity (Wildman–Crippen MR) is 127 cm³/mol. The molecule has 2 unspecified atom stereocenters. The largest absolute Gasteiger partial charge is 0.493 e. The quantitative estimate of drug-likeness (QED) is 0.484. The number of sulfonamides is 1. The molecule has 1 N–H and O–H groups in total. The third-order valence-electron chi connectivity index (χ3n) is 6.09. The lowest BCUT2D eigenvalue weighted by Crippen LogP contribution is -2.53. The van der Waals surface area contributed by atoms with Crippen LogP contribution in [0.5, 0.6) is 0 Å². The Balaban J connectivity index is 1.80. The van der Waals surface area contributed by atoms with E-state index < -0.39 is 22.2 Å². The molecular formula is C24H26F3N3O5S. The van der Waals surface area contributed by atoms with Crippen molar-refractivity contribution in [3.05, 3.63) is 59.9 Å². The van der Waals surface area contributed by atoms with Crippen LogP contribution in [0.4, 0.5) is 18.9 Å². The van der Waals surface area contributed by atoms with E-state index in [9.17, 15) is 26.4 Å². The molecule has 0 amide bonds. The van der Waals surface area contributed by atoms with E-state index in [0.29, 0.717) is 35.2 Å². The SMILES string of the molecule is Cc1ccccc1N(OC(=O)C(F)(F)F)S(=O)(=O)c1cc(CN2CC(C)NCC2C)c2occc2c1. The Hall–Kier alpha value is -3.09. The van der Waals surface area contributed by atoms with Crippen LogP contribution in [0.2, 0.25) is 0 Å². The second-order valence-electron chi connectivity index (χ2n) is 8.90. The lowest BCUT2D eigenvalue weighted by atomic mass is 10.1. The molecule has 0 radical (unpaired) electrons. The summed E-state index contributed by atoms with van der Waals surface area (Å²) in [5, 5.41) is 3.83. The van der Waals surface area contributed by atoms with Gasteiger partial charge in [-0.1, -0.05) is 22.7 Å². The Labute approximate surface area is 206 Å². The van der Waals surface area contributed by atoms with Crippen LogP contribution in [-0.4, -0.2) is 50.6 Å². The van der Waals surface area contributed by atoms with Gasteiger partial charge >= 0.3 is 12.1 Å². The third-order valence-corrected chi connectivity index (χ3v) is 7.63. The van der Waals surface area contributed by atoms with Gasteiger partial charge in [-0.2, -0.15) is 21.6 Å². The van der Waals surface area contributed by atoms with Crippen LogP contribution < -0.4 is 9.79 Å². The lowest BCUT2D eigenvalue weighted by Gasteiger charge is -2.37. The standard InChI is InChI=1S/C24H26F3N3O5S/c1-15-6-4-5-7-21(15)30(35-23(31)24(25,26)27)36(32,33)20-10-18-8-9-34-22(18)19(11-20)14-29-13-16(2)28-12-17(29)3/h4-11,16-17,28H,12-14H2,1-3H3. The van der Waals surface area contributed by atoms with Crippen molar-refractivity contribution in [2.75, 3.05) is 17.6 Å². The number of hydrogen-bond acceptors (Lipinski definition) is 7. The summed E-state index contributed by atoms with van der Waals surface area (Å²) in [4.78, 5) is 18.0. The summed E-state index contributed by atoms with van der Waals surface area (Å²) in [7, 11) is -4.77. The monoisotopic (exact) mass is 525 g/mol. The number of furan rings is 1. The van der Waals surface area contributed by atoms with E-state index in [2.05, 4.69) is 15.1 Å². The molecule has 0 saturated carbocycles. The summed E-state index contributed by atoms with van der Waals surface area (Å²) in [6.45, 7) is 7.38. The molecule has 0 aliphatic carbocycles. The number of rotatable bonds is 6. The predicted octanol–water partition coefficient (Wildman–Crippen LogP) is 4.14. The fraction of sp³-hybridized carbons (Fsp3) is 0.375. The van der Waals surface area contributed by atoms with Crippen molar-refractivity contribution in [3.8, 4) is 0 Å². The van der Waals surface area contributed by atoms with Crippen LogP contribution in [0.3, 0.4) is 0 Å². The van der Waals surface area contributed by atoms with E-state index >= 15 is 0 Å². The molecule has 0 spiro atoms. The minimum atomic E-state index is -5.40. The zero-order valence-corrected chi connectivity index (χ0v) is 20.7. The highest BCUT2D eigenvalue weighted by Crippen LogP contribution is 2.33. The number of fused-ring (bicyclic) bond motifs is 1. The molecule has 2 heterocycles. The number of benzene rings is 2. The van der Waals surface area contributed by atoms with Crippen molar-refractivity contribution >= 4 is 32.6 Å². The summed E-state index contributed by atoms with van der Waals surface area (Å²) in [6.07, 6.45) is -3.98. The molecule has 194 valence electrons. The number of hydrogen-bond donors (Lipinski definition) is 1. The average molecular weight is 526 g/mol. The number of nitrogens with zero attached hydrogens (tertiary/aromatic N) is 2. The van der Waals surface area contributed by atoms with Crippen LogP contribution in [-0.2, 0) is 26.2 Å². The first-order valence-electron chi connectivity index (χ1n) is 11.3. The third kappa shape index (κ3) is 5.20. The fourth-order valence-corrected chi connectivity index (χ4v) is 5.54. The summed E-state index contributed by atoms with van der Waals surface area (Å²) in [5.74, 6) is -2.65.